The van der Waals surface area contributed by atoms with Crippen molar-refractivity contribution >= 4 is 5.97 Å². The molecule has 0 saturated heterocycles. The summed E-state index contributed by atoms with van der Waals surface area (Å²) in [5, 5.41) is 9.26. The molecule has 3 heteroatoms. The summed E-state index contributed by atoms with van der Waals surface area (Å²) in [5.74, 6) is -0.995. The summed E-state index contributed by atoms with van der Waals surface area (Å²) in [6.45, 7) is 4.90. The van der Waals surface area contributed by atoms with E-state index in [9.17, 15) is 9.90 Å². The minimum absolute atomic E-state index is 0.111. The summed E-state index contributed by atoms with van der Waals surface area (Å²) >= 11 is 0. The first-order chi connectivity index (χ1) is 7.20. The number of carboxylic acids is 1. The Kier molecular flexibility index (Phi) is 8.34. The lowest BCUT2D eigenvalue weighted by molar-refractivity contribution is -0.697. The van der Waals surface area contributed by atoms with Gasteiger partial charge in [0.2, 0.25) is 0 Å². The van der Waals surface area contributed by atoms with E-state index >= 15 is 0 Å². The van der Waals surface area contributed by atoms with Crippen LogP contribution in [0.2, 0.25) is 0 Å². The summed E-state index contributed by atoms with van der Waals surface area (Å²) < 4.78 is 2.21. The van der Waals surface area contributed by atoms with Gasteiger partial charge in [-0.25, -0.2) is 4.57 Å². The van der Waals surface area contributed by atoms with E-state index in [1.165, 1.54) is 19.8 Å². The van der Waals surface area contributed by atoms with E-state index in [0.717, 1.165) is 6.54 Å². The maximum Gasteiger partial charge on any atom is 0.168 e. The molecule has 3 nitrogen and oxygen atoms in total. The Morgan fingerprint density at radius 3 is 2.13 bits per heavy atom. The van der Waals surface area contributed by atoms with Crippen molar-refractivity contribution in [2.24, 2.45) is 0 Å². The Labute approximate surface area is 91.4 Å². The molecular weight excluding hydrogens is 190 g/mol. The lowest BCUT2D eigenvalue weighted by atomic mass is 10.3. The number of carboxylic acid groups (broad SMARTS) is 1. The summed E-state index contributed by atoms with van der Waals surface area (Å²) in [7, 11) is 0. The zero-order chi connectivity index (χ0) is 11.5. The van der Waals surface area contributed by atoms with Crippen LogP contribution in [-0.4, -0.2) is 5.97 Å². The van der Waals surface area contributed by atoms with E-state index < -0.39 is 5.97 Å². The molecule has 0 amide bonds. The normalized spacial score (nSPS) is 8.93. The van der Waals surface area contributed by atoms with Gasteiger partial charge in [-0.3, -0.25) is 0 Å². The number of aromatic nitrogens is 1. The van der Waals surface area contributed by atoms with Gasteiger partial charge in [-0.05, 0) is 6.42 Å². The van der Waals surface area contributed by atoms with Gasteiger partial charge in [0.1, 0.15) is 6.54 Å². The predicted octanol–water partition coefficient (Wildman–Crippen LogP) is 0.920. The van der Waals surface area contributed by atoms with Crippen LogP contribution >= 0.6 is 0 Å². The second-order valence-corrected chi connectivity index (χ2v) is 3.19. The number of rotatable bonds is 4. The largest absolute Gasteiger partial charge is 0.550 e. The smallest absolute Gasteiger partial charge is 0.168 e. The molecule has 0 unspecified atom stereocenters. The molecule has 0 radical (unpaired) electrons. The Balaban J connectivity index is 0.000000336. The lowest BCUT2D eigenvalue weighted by Gasteiger charge is -1.91. The van der Waals surface area contributed by atoms with Gasteiger partial charge in [-0.2, -0.15) is 0 Å². The number of carbonyl (C=O) groups is 1. The van der Waals surface area contributed by atoms with Crippen LogP contribution in [0, 0.1) is 0 Å². The van der Waals surface area contributed by atoms with Gasteiger partial charge in [0, 0.05) is 24.5 Å². The number of hydrogen-bond donors (Lipinski definition) is 0. The van der Waals surface area contributed by atoms with Crippen molar-refractivity contribution in [2.75, 3.05) is 0 Å². The molecule has 0 aliphatic heterocycles. The average Bonchev–Trinajstić information content (AvgIpc) is 2.28. The number of nitrogens with zero attached hydrogens (tertiary/aromatic N) is 1. The maximum absolute atomic E-state index is 9.26. The molecule has 0 bridgehead atoms. The first-order valence-corrected chi connectivity index (χ1v) is 5.34. The van der Waals surface area contributed by atoms with Crippen molar-refractivity contribution in [1.82, 2.24) is 0 Å². The Morgan fingerprint density at radius 1 is 1.20 bits per heavy atom. The molecule has 1 aromatic heterocycles. The highest BCUT2D eigenvalue weighted by Crippen LogP contribution is 1.85. The van der Waals surface area contributed by atoms with E-state index in [2.05, 4.69) is 36.0 Å². The topological polar surface area (TPSA) is 44.0 Å². The molecular formula is C12H19NO2. The van der Waals surface area contributed by atoms with Crippen molar-refractivity contribution in [3.63, 3.8) is 0 Å². The Morgan fingerprint density at radius 2 is 1.73 bits per heavy atom. The second kappa shape index (κ2) is 9.19. The summed E-state index contributed by atoms with van der Waals surface area (Å²) in [6, 6.07) is 6.17. The third-order valence-electron chi connectivity index (χ3n) is 1.84. The van der Waals surface area contributed by atoms with Crippen molar-refractivity contribution in [3.05, 3.63) is 30.6 Å². The first kappa shape index (κ1) is 13.6. The van der Waals surface area contributed by atoms with Gasteiger partial charge < -0.3 is 9.90 Å². The van der Waals surface area contributed by atoms with Crippen LogP contribution in [0.25, 0.3) is 0 Å². The molecule has 0 spiro atoms. The minimum atomic E-state index is -0.995. The SMILES string of the molecule is CCC(=O)[O-].CCCC[n+]1ccccc1. The quantitative estimate of drug-likeness (QED) is 0.692. The highest BCUT2D eigenvalue weighted by atomic mass is 16.4. The van der Waals surface area contributed by atoms with E-state index in [1.807, 2.05) is 6.07 Å². The zero-order valence-electron chi connectivity index (χ0n) is 9.48. The molecule has 0 aliphatic rings. The molecule has 0 fully saturated rings. The standard InChI is InChI=1S/C9H14N.C3H6O2/c1-2-3-7-10-8-5-4-6-9-10;1-2-3(4)5/h4-6,8-9H,2-3,7H2,1H3;2H2,1H3,(H,4,5)/q+1;/p-1. The summed E-state index contributed by atoms with van der Waals surface area (Å²) in [5.41, 5.74) is 0. The minimum Gasteiger partial charge on any atom is -0.550 e. The highest BCUT2D eigenvalue weighted by Gasteiger charge is 1.93. The average molecular weight is 209 g/mol. The third-order valence-corrected chi connectivity index (χ3v) is 1.84. The monoisotopic (exact) mass is 209 g/mol. The molecule has 84 valence electrons. The van der Waals surface area contributed by atoms with E-state index in [4.69, 9.17) is 0 Å². The van der Waals surface area contributed by atoms with Crippen LogP contribution < -0.4 is 9.67 Å². The number of pyridine rings is 1. The number of aliphatic carboxylic acids is 1. The molecule has 1 rings (SSSR count). The highest BCUT2D eigenvalue weighted by molar-refractivity contribution is 5.63. The maximum atomic E-state index is 9.26. The molecule has 0 saturated carbocycles. The molecule has 1 heterocycles. The van der Waals surface area contributed by atoms with E-state index in [0.29, 0.717) is 0 Å². The first-order valence-electron chi connectivity index (χ1n) is 5.34. The van der Waals surface area contributed by atoms with Crippen LogP contribution in [0.1, 0.15) is 33.1 Å². The molecule has 0 N–H and O–H groups in total. The number of aryl methyl sites for hydroxylation is 1. The number of hydrogen-bond acceptors (Lipinski definition) is 2. The van der Waals surface area contributed by atoms with Crippen LogP contribution in [0.5, 0.6) is 0 Å². The van der Waals surface area contributed by atoms with Crippen molar-refractivity contribution < 1.29 is 14.5 Å². The fourth-order valence-corrected chi connectivity index (χ4v) is 0.924. The van der Waals surface area contributed by atoms with E-state index in [1.54, 1.807) is 0 Å². The Bertz CT molecular complexity index is 260. The molecule has 1 aromatic rings. The summed E-state index contributed by atoms with van der Waals surface area (Å²) in [4.78, 5) is 9.26. The fourth-order valence-electron chi connectivity index (χ4n) is 0.924. The lowest BCUT2D eigenvalue weighted by Crippen LogP contribution is -2.31. The number of unbranched alkanes of at least 4 members (excludes halogenated alkanes) is 1. The predicted molar refractivity (Wildman–Crippen MR) is 56.8 cm³/mol. The van der Waals surface area contributed by atoms with E-state index in [-0.39, 0.29) is 6.42 Å². The molecule has 0 aliphatic carbocycles. The zero-order valence-corrected chi connectivity index (χ0v) is 9.48. The van der Waals surface area contributed by atoms with Gasteiger partial charge in [0.25, 0.3) is 0 Å². The van der Waals surface area contributed by atoms with Crippen LogP contribution in [0.3, 0.4) is 0 Å². The third kappa shape index (κ3) is 8.94. The molecule has 0 aromatic carbocycles. The number of carbonyl (C=O) groups excluding carboxylic acids is 1. The van der Waals surface area contributed by atoms with Gasteiger partial charge in [0.05, 0.1) is 0 Å². The van der Waals surface area contributed by atoms with Crippen molar-refractivity contribution in [2.45, 2.75) is 39.7 Å². The van der Waals surface area contributed by atoms with Crippen LogP contribution in [-0.2, 0) is 11.3 Å². The van der Waals surface area contributed by atoms with Gasteiger partial charge in [0.15, 0.2) is 12.4 Å². The van der Waals surface area contributed by atoms with Crippen molar-refractivity contribution in [1.29, 1.82) is 0 Å². The Hall–Kier alpha value is -1.38. The molecule has 15 heavy (non-hydrogen) atoms. The fraction of sp³-hybridized carbons (Fsp3) is 0.500. The van der Waals surface area contributed by atoms with Gasteiger partial charge in [-0.15, -0.1) is 0 Å². The molecule has 0 atom stereocenters. The van der Waals surface area contributed by atoms with Crippen LogP contribution in [0.4, 0.5) is 0 Å². The second-order valence-electron chi connectivity index (χ2n) is 3.19. The van der Waals surface area contributed by atoms with Crippen molar-refractivity contribution in [3.8, 4) is 0 Å². The van der Waals surface area contributed by atoms with Gasteiger partial charge in [-0.1, -0.05) is 26.3 Å². The summed E-state index contributed by atoms with van der Waals surface area (Å²) in [6.07, 6.45) is 6.86. The van der Waals surface area contributed by atoms with Gasteiger partial charge >= 0.3 is 0 Å². The van der Waals surface area contributed by atoms with Crippen LogP contribution in [0.15, 0.2) is 30.6 Å².